The van der Waals surface area contributed by atoms with Crippen molar-refractivity contribution in [1.82, 2.24) is 9.55 Å². The second kappa shape index (κ2) is 11.1. The molecule has 9 heteroatoms. The first-order chi connectivity index (χ1) is 19.0. The van der Waals surface area contributed by atoms with E-state index in [2.05, 4.69) is 31.9 Å². The minimum absolute atomic E-state index is 0.0395. The number of halogens is 5. The van der Waals surface area contributed by atoms with Gasteiger partial charge in [0.1, 0.15) is 11.7 Å². The quantitative estimate of drug-likeness (QED) is 0.140. The van der Waals surface area contributed by atoms with Crippen molar-refractivity contribution in [3.05, 3.63) is 122 Å². The highest BCUT2D eigenvalue weighted by Gasteiger charge is 2.32. The lowest BCUT2D eigenvalue weighted by Crippen LogP contribution is -2.11. The Bertz CT molecular complexity index is 1690. The highest BCUT2D eigenvalue weighted by Crippen LogP contribution is 2.39. The van der Waals surface area contributed by atoms with Gasteiger partial charge in [-0.05, 0) is 60.5 Å². The van der Waals surface area contributed by atoms with Crippen LogP contribution in [-0.2, 0) is 12.7 Å². The van der Waals surface area contributed by atoms with Crippen LogP contribution in [0.3, 0.4) is 0 Å². The molecule has 1 aromatic heterocycles. The van der Waals surface area contributed by atoms with Crippen LogP contribution in [0.5, 0.6) is 0 Å². The van der Waals surface area contributed by atoms with Crippen molar-refractivity contribution in [3.8, 4) is 33.9 Å². The van der Waals surface area contributed by atoms with Crippen LogP contribution >= 0.6 is 31.9 Å². The maximum Gasteiger partial charge on any atom is 0.416 e. The van der Waals surface area contributed by atoms with Crippen molar-refractivity contribution in [2.45, 2.75) is 19.6 Å². The van der Waals surface area contributed by atoms with E-state index in [1.54, 1.807) is 25.1 Å². The van der Waals surface area contributed by atoms with Crippen LogP contribution in [0.25, 0.3) is 33.9 Å². The molecule has 0 spiro atoms. The molecule has 0 bridgehead atoms. The zero-order valence-corrected chi connectivity index (χ0v) is 24.4. The van der Waals surface area contributed by atoms with Gasteiger partial charge in [-0.25, -0.2) is 4.98 Å². The molecule has 0 fully saturated rings. The summed E-state index contributed by atoms with van der Waals surface area (Å²) in [6.45, 7) is 1.98. The number of rotatable bonds is 6. The summed E-state index contributed by atoms with van der Waals surface area (Å²) >= 11 is 6.97. The summed E-state index contributed by atoms with van der Waals surface area (Å²) in [5.41, 5.74) is 10.4. The van der Waals surface area contributed by atoms with E-state index in [4.69, 9.17) is 16.1 Å². The number of amidine groups is 1. The summed E-state index contributed by atoms with van der Waals surface area (Å²) in [6.07, 6.45) is -4.50. The Morgan fingerprint density at radius 1 is 0.825 bits per heavy atom. The first-order valence-electron chi connectivity index (χ1n) is 12.2. The molecule has 0 aliphatic rings. The number of hydrogen-bond donors (Lipinski definition) is 2. The number of benzene rings is 4. The van der Waals surface area contributed by atoms with Gasteiger partial charge in [0.15, 0.2) is 0 Å². The minimum Gasteiger partial charge on any atom is -0.384 e. The van der Waals surface area contributed by atoms with Gasteiger partial charge >= 0.3 is 6.18 Å². The summed E-state index contributed by atoms with van der Waals surface area (Å²) in [5.74, 6) is 0.378. The van der Waals surface area contributed by atoms with Gasteiger partial charge < -0.3 is 10.3 Å². The number of hydrogen-bond acceptors (Lipinski definition) is 2. The van der Waals surface area contributed by atoms with Gasteiger partial charge in [0.2, 0.25) is 0 Å². The molecule has 5 rings (SSSR count). The van der Waals surface area contributed by atoms with Crippen LogP contribution in [0.15, 0.2) is 99.9 Å². The van der Waals surface area contributed by atoms with Crippen LogP contribution < -0.4 is 5.73 Å². The molecule has 202 valence electrons. The molecule has 0 atom stereocenters. The van der Waals surface area contributed by atoms with Crippen molar-refractivity contribution < 1.29 is 13.2 Å². The van der Waals surface area contributed by atoms with E-state index in [0.717, 1.165) is 43.5 Å². The molecule has 4 nitrogen and oxygen atoms in total. The number of nitrogens with two attached hydrogens (primary N) is 1. The summed E-state index contributed by atoms with van der Waals surface area (Å²) in [5, 5.41) is 7.70. The van der Waals surface area contributed by atoms with E-state index in [0.29, 0.717) is 34.8 Å². The lowest BCUT2D eigenvalue weighted by molar-refractivity contribution is -0.137. The first-order valence-corrected chi connectivity index (χ1v) is 13.8. The Balaban J connectivity index is 1.80. The number of aryl methyl sites for hydroxylation is 1. The molecule has 3 N–H and O–H groups in total. The van der Waals surface area contributed by atoms with E-state index in [1.807, 2.05) is 65.2 Å². The van der Waals surface area contributed by atoms with Gasteiger partial charge in [0, 0.05) is 37.7 Å². The number of aromatic nitrogens is 2. The summed E-state index contributed by atoms with van der Waals surface area (Å²) in [6, 6.07) is 26.7. The topological polar surface area (TPSA) is 67.7 Å². The number of nitrogen functional groups attached to an aromatic ring is 1. The molecule has 5 aromatic rings. The molecule has 4 aromatic carbocycles. The van der Waals surface area contributed by atoms with Gasteiger partial charge in [-0.1, -0.05) is 80.4 Å². The van der Waals surface area contributed by atoms with Crippen molar-refractivity contribution in [2.75, 3.05) is 0 Å². The Morgan fingerprint density at radius 3 is 1.95 bits per heavy atom. The molecule has 0 saturated heterocycles. The minimum atomic E-state index is -4.50. The molecular weight excluding hydrogens is 645 g/mol. The predicted molar refractivity (Wildman–Crippen MR) is 160 cm³/mol. The Hall–Kier alpha value is -3.69. The van der Waals surface area contributed by atoms with Gasteiger partial charge in [0.25, 0.3) is 0 Å². The first kappa shape index (κ1) is 27.9. The highest BCUT2D eigenvalue weighted by atomic mass is 79.9. The zero-order valence-electron chi connectivity index (χ0n) is 21.2. The van der Waals surface area contributed by atoms with Gasteiger partial charge in [-0.15, -0.1) is 0 Å². The number of imidazole rings is 1. The Labute approximate surface area is 246 Å². The standard InChI is InChI=1S/C31H23Br2F3N4/c1-18-14-23(16-24(15-18)31(34,35)36)30-39-27(20-6-10-25(32)11-7-20)28(21-8-12-26(33)13-9-21)40(30)17-19-2-4-22(5-3-19)29(37)38/h2-16H,17H2,1H3,(H3,37,38). The molecule has 0 aliphatic heterocycles. The largest absolute Gasteiger partial charge is 0.416 e. The normalized spacial score (nSPS) is 11.6. The van der Waals surface area contributed by atoms with Crippen LogP contribution in [0.2, 0.25) is 0 Å². The number of alkyl halides is 3. The third-order valence-electron chi connectivity index (χ3n) is 6.47. The number of nitrogens with one attached hydrogen (secondary N) is 1. The molecule has 0 radical (unpaired) electrons. The van der Waals surface area contributed by atoms with E-state index in [-0.39, 0.29) is 5.84 Å². The molecular formula is C31H23Br2F3N4. The highest BCUT2D eigenvalue weighted by molar-refractivity contribution is 9.10. The third-order valence-corrected chi connectivity index (χ3v) is 7.53. The average molecular weight is 668 g/mol. The second-order valence-electron chi connectivity index (χ2n) is 9.43. The molecule has 0 amide bonds. The van der Waals surface area contributed by atoms with Gasteiger partial charge in [-0.2, -0.15) is 13.2 Å². The molecule has 1 heterocycles. The SMILES string of the molecule is Cc1cc(-c2nc(-c3ccc(Br)cc3)c(-c3ccc(Br)cc3)n2Cc2ccc(C(=N)N)cc2)cc(C(F)(F)F)c1. The summed E-state index contributed by atoms with van der Waals surface area (Å²) < 4.78 is 45.3. The molecule has 0 aliphatic carbocycles. The monoisotopic (exact) mass is 666 g/mol. The van der Waals surface area contributed by atoms with Crippen LogP contribution in [0, 0.1) is 12.3 Å². The summed E-state index contributed by atoms with van der Waals surface area (Å²) in [4.78, 5) is 5.00. The van der Waals surface area contributed by atoms with Crippen molar-refractivity contribution in [1.29, 1.82) is 5.41 Å². The maximum atomic E-state index is 13.8. The smallest absolute Gasteiger partial charge is 0.384 e. The molecule has 40 heavy (non-hydrogen) atoms. The van der Waals surface area contributed by atoms with Crippen molar-refractivity contribution >= 4 is 37.7 Å². The third kappa shape index (κ3) is 5.90. The number of nitrogens with zero attached hydrogens (tertiary/aromatic N) is 2. The molecule has 0 saturated carbocycles. The van der Waals surface area contributed by atoms with Gasteiger partial charge in [-0.3, -0.25) is 5.41 Å². The van der Waals surface area contributed by atoms with E-state index in [1.165, 1.54) is 0 Å². The Kier molecular flexibility index (Phi) is 7.70. The van der Waals surface area contributed by atoms with Crippen LogP contribution in [0.1, 0.15) is 22.3 Å². The second-order valence-corrected chi connectivity index (χ2v) is 11.3. The molecule has 0 unspecified atom stereocenters. The lowest BCUT2D eigenvalue weighted by Gasteiger charge is -2.16. The van der Waals surface area contributed by atoms with Crippen molar-refractivity contribution in [3.63, 3.8) is 0 Å². The predicted octanol–water partition coefficient (Wildman–Crippen LogP) is 9.07. The fourth-order valence-electron chi connectivity index (χ4n) is 4.58. The van der Waals surface area contributed by atoms with E-state index in [9.17, 15) is 13.2 Å². The van der Waals surface area contributed by atoms with Gasteiger partial charge in [0.05, 0.1) is 17.0 Å². The fourth-order valence-corrected chi connectivity index (χ4v) is 5.11. The average Bonchev–Trinajstić information content (AvgIpc) is 3.28. The van der Waals surface area contributed by atoms with E-state index >= 15 is 0 Å². The lowest BCUT2D eigenvalue weighted by atomic mass is 10.0. The van der Waals surface area contributed by atoms with Crippen molar-refractivity contribution in [2.24, 2.45) is 5.73 Å². The van der Waals surface area contributed by atoms with Crippen LogP contribution in [-0.4, -0.2) is 15.4 Å². The summed E-state index contributed by atoms with van der Waals surface area (Å²) in [7, 11) is 0. The maximum absolute atomic E-state index is 13.8. The zero-order chi connectivity index (χ0) is 28.6. The van der Waals surface area contributed by atoms with E-state index < -0.39 is 11.7 Å². The Morgan fingerprint density at radius 2 is 1.40 bits per heavy atom. The van der Waals surface area contributed by atoms with Crippen LogP contribution in [0.4, 0.5) is 13.2 Å². The fraction of sp³-hybridized carbons (Fsp3) is 0.0968.